The number of methoxy groups -OCH3 is 1. The summed E-state index contributed by atoms with van der Waals surface area (Å²) in [6.07, 6.45) is 2.22. The molecule has 34 heavy (non-hydrogen) atoms. The van der Waals surface area contributed by atoms with Crippen LogP contribution in [0.5, 0.6) is 5.75 Å². The van der Waals surface area contributed by atoms with Gasteiger partial charge in [-0.15, -0.1) is 0 Å². The first-order chi connectivity index (χ1) is 16.3. The highest BCUT2D eigenvalue weighted by molar-refractivity contribution is 8.14. The number of hydrogen-bond donors (Lipinski definition) is 1. The summed E-state index contributed by atoms with van der Waals surface area (Å²) in [5.41, 5.74) is 1.50. The minimum atomic E-state index is -1.19. The van der Waals surface area contributed by atoms with Gasteiger partial charge in [0.15, 0.2) is 6.10 Å². The standard InChI is InChI=1S/C26H29NO6S/c1-18(17-34-25(29)21-7-5-4-6-8-21)24(28)27(26(30)31)16-23(15-19(27)2)33-22-11-9-20(10-12-22)13-14-32-3/h4-14,18-19,23H,15-17H2,1-3H3/p+1/t18-,19?,23?,27+/m1/s1. The van der Waals surface area contributed by atoms with E-state index in [0.29, 0.717) is 17.7 Å². The number of likely N-dealkylation sites (tertiary alicyclic amines) is 1. The second-order valence-corrected chi connectivity index (χ2v) is 9.46. The van der Waals surface area contributed by atoms with Crippen LogP contribution >= 0.6 is 11.8 Å². The molecule has 7 nitrogen and oxygen atoms in total. The number of thioether (sulfide) groups is 1. The summed E-state index contributed by atoms with van der Waals surface area (Å²) in [6, 6.07) is 15.7. The number of quaternary nitrogens is 1. The van der Waals surface area contributed by atoms with Crippen molar-refractivity contribution < 1.29 is 33.4 Å². The van der Waals surface area contributed by atoms with E-state index < -0.39 is 34.5 Å². The second kappa shape index (κ2) is 11.4. The summed E-state index contributed by atoms with van der Waals surface area (Å²) in [7, 11) is 1.57. The van der Waals surface area contributed by atoms with E-state index in [2.05, 4.69) is 0 Å². The summed E-state index contributed by atoms with van der Waals surface area (Å²) in [5, 5.41) is 9.98. The maximum atomic E-state index is 13.4. The normalized spacial score (nSPS) is 22.9. The van der Waals surface area contributed by atoms with E-state index in [1.807, 2.05) is 36.4 Å². The van der Waals surface area contributed by atoms with E-state index in [9.17, 15) is 19.5 Å². The van der Waals surface area contributed by atoms with Gasteiger partial charge in [-0.25, -0.2) is 4.79 Å². The molecule has 4 atom stereocenters. The average Bonchev–Trinajstić information content (AvgIpc) is 3.18. The number of amides is 2. The lowest BCUT2D eigenvalue weighted by Gasteiger charge is -2.31. The first kappa shape index (κ1) is 25.5. The third-order valence-corrected chi connectivity index (χ3v) is 7.22. The quantitative estimate of drug-likeness (QED) is 0.413. The van der Waals surface area contributed by atoms with Crippen LogP contribution in [0, 0.1) is 5.92 Å². The molecule has 1 aliphatic rings. The molecule has 0 aliphatic carbocycles. The predicted molar refractivity (Wildman–Crippen MR) is 132 cm³/mol. The molecule has 2 amide bonds. The molecular formula is C26H30NO6S+. The SMILES string of the molecule is COC=Cc1ccc(OC2CC(C)[N@+](C(=O)O)(C(=O)[C@H](C)CSC(=O)c3ccccc3)C2)cc1. The molecule has 1 saturated heterocycles. The highest BCUT2D eigenvalue weighted by atomic mass is 32.2. The fourth-order valence-corrected chi connectivity index (χ4v) is 5.06. The molecule has 3 rings (SSSR count). The van der Waals surface area contributed by atoms with E-state index in [-0.39, 0.29) is 17.4 Å². The smallest absolute Gasteiger partial charge is 0.504 e. The van der Waals surface area contributed by atoms with E-state index in [4.69, 9.17) is 9.47 Å². The minimum absolute atomic E-state index is 0.0439. The Morgan fingerprint density at radius 1 is 1.15 bits per heavy atom. The van der Waals surface area contributed by atoms with Gasteiger partial charge in [-0.2, -0.15) is 9.28 Å². The Hall–Kier alpha value is -3.10. The van der Waals surface area contributed by atoms with Gasteiger partial charge in [0, 0.05) is 17.7 Å². The number of hydrogen-bond acceptors (Lipinski definition) is 6. The molecule has 1 aliphatic heterocycles. The minimum Gasteiger partial charge on any atom is -0.504 e. The number of nitrogens with zero attached hydrogens (tertiary/aromatic N) is 1. The molecule has 180 valence electrons. The molecule has 2 aromatic rings. The third kappa shape index (κ3) is 5.69. The zero-order valence-electron chi connectivity index (χ0n) is 19.5. The summed E-state index contributed by atoms with van der Waals surface area (Å²) in [4.78, 5) is 38.2. The van der Waals surface area contributed by atoms with Crippen LogP contribution in [-0.2, 0) is 9.53 Å². The summed E-state index contributed by atoms with van der Waals surface area (Å²) >= 11 is 1.04. The van der Waals surface area contributed by atoms with Gasteiger partial charge in [-0.3, -0.25) is 4.79 Å². The first-order valence-electron chi connectivity index (χ1n) is 11.1. The fourth-order valence-electron chi connectivity index (χ4n) is 4.21. The first-order valence-corrected chi connectivity index (χ1v) is 12.1. The van der Waals surface area contributed by atoms with Gasteiger partial charge in [0.1, 0.15) is 18.3 Å². The van der Waals surface area contributed by atoms with Crippen molar-refractivity contribution in [3.05, 3.63) is 72.0 Å². The highest BCUT2D eigenvalue weighted by Gasteiger charge is 2.58. The van der Waals surface area contributed by atoms with Crippen molar-refractivity contribution in [2.45, 2.75) is 32.4 Å². The number of imide groups is 1. The van der Waals surface area contributed by atoms with E-state index in [0.717, 1.165) is 17.3 Å². The van der Waals surface area contributed by atoms with Gasteiger partial charge in [-0.1, -0.05) is 54.2 Å². The summed E-state index contributed by atoms with van der Waals surface area (Å²) < 4.78 is 10.3. The van der Waals surface area contributed by atoms with Crippen molar-refractivity contribution in [1.29, 1.82) is 0 Å². The lowest BCUT2D eigenvalue weighted by atomic mass is 10.1. The van der Waals surface area contributed by atoms with Crippen molar-refractivity contribution in [3.8, 4) is 5.75 Å². The van der Waals surface area contributed by atoms with Crippen LogP contribution < -0.4 is 4.74 Å². The topological polar surface area (TPSA) is 89.9 Å². The Morgan fingerprint density at radius 3 is 2.44 bits per heavy atom. The van der Waals surface area contributed by atoms with Crippen LogP contribution in [0.4, 0.5) is 4.79 Å². The number of ether oxygens (including phenoxy) is 2. The Kier molecular flexibility index (Phi) is 8.52. The van der Waals surface area contributed by atoms with Gasteiger partial charge < -0.3 is 14.6 Å². The van der Waals surface area contributed by atoms with Gasteiger partial charge >= 0.3 is 12.0 Å². The van der Waals surface area contributed by atoms with Gasteiger partial charge in [0.2, 0.25) is 5.12 Å². The zero-order valence-corrected chi connectivity index (χ0v) is 20.4. The molecule has 8 heteroatoms. The van der Waals surface area contributed by atoms with Crippen molar-refractivity contribution in [3.63, 3.8) is 0 Å². The van der Waals surface area contributed by atoms with E-state index >= 15 is 0 Å². The Balaban J connectivity index is 1.66. The van der Waals surface area contributed by atoms with E-state index in [1.54, 1.807) is 51.5 Å². The van der Waals surface area contributed by atoms with Crippen LogP contribution in [0.2, 0.25) is 0 Å². The molecule has 0 aromatic heterocycles. The molecule has 0 bridgehead atoms. The molecule has 2 aromatic carbocycles. The predicted octanol–water partition coefficient (Wildman–Crippen LogP) is 5.07. The van der Waals surface area contributed by atoms with Gasteiger partial charge in [-0.05, 0) is 37.6 Å². The highest BCUT2D eigenvalue weighted by Crippen LogP contribution is 2.33. The zero-order chi connectivity index (χ0) is 24.7. The maximum absolute atomic E-state index is 13.4. The van der Waals surface area contributed by atoms with Gasteiger partial charge in [0.25, 0.3) is 0 Å². The fraction of sp³-hybridized carbons (Fsp3) is 0.346. The second-order valence-electron chi connectivity index (χ2n) is 8.47. The van der Waals surface area contributed by atoms with Crippen LogP contribution in [0.1, 0.15) is 36.2 Å². The Bertz CT molecular complexity index is 1040. The van der Waals surface area contributed by atoms with Crippen LogP contribution in [0.25, 0.3) is 6.08 Å². The van der Waals surface area contributed by atoms with Crippen LogP contribution in [0.15, 0.2) is 60.9 Å². The molecule has 1 heterocycles. The average molecular weight is 485 g/mol. The van der Waals surface area contributed by atoms with Crippen molar-refractivity contribution in [1.82, 2.24) is 0 Å². The number of rotatable bonds is 8. The number of carboxylic acid groups (broad SMARTS) is 1. The lowest BCUT2D eigenvalue weighted by molar-refractivity contribution is -0.795. The summed E-state index contributed by atoms with van der Waals surface area (Å²) in [5.74, 6) is -0.183. The van der Waals surface area contributed by atoms with Crippen molar-refractivity contribution in [2.24, 2.45) is 5.92 Å². The number of benzene rings is 2. The van der Waals surface area contributed by atoms with Crippen molar-refractivity contribution >= 4 is 35.0 Å². The summed E-state index contributed by atoms with van der Waals surface area (Å²) in [6.45, 7) is 3.50. The Morgan fingerprint density at radius 2 is 1.82 bits per heavy atom. The van der Waals surface area contributed by atoms with E-state index in [1.165, 1.54) is 0 Å². The lowest BCUT2D eigenvalue weighted by Crippen LogP contribution is -2.61. The maximum Gasteiger partial charge on any atom is 0.521 e. The Labute approximate surface area is 204 Å². The largest absolute Gasteiger partial charge is 0.521 e. The molecule has 1 fully saturated rings. The molecular weight excluding hydrogens is 454 g/mol. The molecule has 0 radical (unpaired) electrons. The van der Waals surface area contributed by atoms with Gasteiger partial charge in [0.05, 0.1) is 19.3 Å². The molecule has 2 unspecified atom stereocenters. The molecule has 1 N–H and O–H groups in total. The monoisotopic (exact) mass is 484 g/mol. The number of carbonyl (C=O) groups excluding carboxylic acids is 2. The molecule has 0 spiro atoms. The van der Waals surface area contributed by atoms with Crippen LogP contribution in [0.3, 0.4) is 0 Å². The number of carbonyl (C=O) groups is 3. The third-order valence-electron chi connectivity index (χ3n) is 6.06. The van der Waals surface area contributed by atoms with Crippen molar-refractivity contribution in [2.75, 3.05) is 19.4 Å². The van der Waals surface area contributed by atoms with Crippen LogP contribution in [-0.4, -0.2) is 58.3 Å². The molecule has 0 saturated carbocycles.